The minimum Gasteiger partial charge on any atom is -0.351 e. The number of nitrogens with one attached hydrogen (secondary N) is 3. The molecule has 1 saturated heterocycles. The number of likely N-dealkylation sites (tertiary alicyclic amines) is 1. The van der Waals surface area contributed by atoms with E-state index in [4.69, 9.17) is 0 Å². The Morgan fingerprint density at radius 1 is 0.868 bits per heavy atom. The predicted octanol–water partition coefficient (Wildman–Crippen LogP) is 5.60. The molecule has 7 nitrogen and oxygen atoms in total. The van der Waals surface area contributed by atoms with Crippen LogP contribution in [0.15, 0.2) is 84.6 Å². The summed E-state index contributed by atoms with van der Waals surface area (Å²) in [6, 6.07) is 24.5. The van der Waals surface area contributed by atoms with Crippen LogP contribution < -0.4 is 5.32 Å². The predicted molar refractivity (Wildman–Crippen MR) is 145 cm³/mol. The summed E-state index contributed by atoms with van der Waals surface area (Å²) in [5.41, 5.74) is 5.18. The minimum atomic E-state index is -0.546. The van der Waals surface area contributed by atoms with E-state index in [0.717, 1.165) is 45.1 Å². The van der Waals surface area contributed by atoms with Gasteiger partial charge < -0.3 is 20.2 Å². The number of nitrogens with zero attached hydrogens (tertiary/aromatic N) is 1. The van der Waals surface area contributed by atoms with Crippen molar-refractivity contribution in [2.75, 3.05) is 11.9 Å². The Bertz CT molecular complexity index is 1860. The summed E-state index contributed by atoms with van der Waals surface area (Å²) in [6.45, 7) is 0.547. The van der Waals surface area contributed by atoms with Crippen LogP contribution in [0.1, 0.15) is 43.3 Å². The van der Waals surface area contributed by atoms with Gasteiger partial charge in [0.1, 0.15) is 11.4 Å². The Morgan fingerprint density at radius 2 is 1.63 bits per heavy atom. The lowest BCUT2D eigenvalue weighted by molar-refractivity contribution is 0.0799. The van der Waals surface area contributed by atoms with Gasteiger partial charge in [0.2, 0.25) is 0 Å². The molecule has 2 atom stereocenters. The van der Waals surface area contributed by atoms with Gasteiger partial charge in [-0.15, -0.1) is 0 Å². The number of Topliss-reactive ketones (excluding diaryl/α,β-unsaturated/α-hetero) is 1. The van der Waals surface area contributed by atoms with Gasteiger partial charge in [-0.1, -0.05) is 42.5 Å². The molecule has 3 aliphatic rings. The van der Waals surface area contributed by atoms with Gasteiger partial charge in [0.15, 0.2) is 5.78 Å². The van der Waals surface area contributed by atoms with Gasteiger partial charge in [0.05, 0.1) is 5.41 Å². The maximum atomic E-state index is 13.7. The first-order chi connectivity index (χ1) is 18.5. The molecule has 5 aromatic rings. The number of fused-ring (bicyclic) bond motifs is 3. The van der Waals surface area contributed by atoms with Crippen LogP contribution in [-0.2, 0) is 0 Å². The molecule has 1 saturated carbocycles. The Kier molecular flexibility index (Phi) is 4.08. The van der Waals surface area contributed by atoms with Crippen molar-refractivity contribution in [3.8, 4) is 0 Å². The quantitative estimate of drug-likeness (QED) is 0.302. The van der Waals surface area contributed by atoms with Crippen LogP contribution in [0, 0.1) is 11.3 Å². The molecular weight excluding hydrogens is 476 g/mol. The summed E-state index contributed by atoms with van der Waals surface area (Å²) in [7, 11) is 0. The van der Waals surface area contributed by atoms with Crippen molar-refractivity contribution in [2.45, 2.75) is 6.42 Å². The average molecular weight is 499 g/mol. The number of ketones is 1. The van der Waals surface area contributed by atoms with E-state index in [0.29, 0.717) is 23.6 Å². The SMILES string of the molecule is O=C(Nc1ccc2[nH]c(C(=O)N3C[C@@H]4C[C@@]45C(=O)c4ccccc4C=C35)cc2c1)c1cc2ccccc2[nH]1. The maximum absolute atomic E-state index is 13.7. The lowest BCUT2D eigenvalue weighted by Crippen LogP contribution is -2.34. The van der Waals surface area contributed by atoms with Gasteiger partial charge in [0.25, 0.3) is 11.8 Å². The van der Waals surface area contributed by atoms with Crippen molar-refractivity contribution in [3.63, 3.8) is 0 Å². The zero-order valence-corrected chi connectivity index (χ0v) is 20.2. The fourth-order valence-corrected chi connectivity index (χ4v) is 6.30. The van der Waals surface area contributed by atoms with Crippen LogP contribution in [0.25, 0.3) is 27.9 Å². The lowest BCUT2D eigenvalue weighted by atomic mass is 9.83. The van der Waals surface area contributed by atoms with E-state index in [2.05, 4.69) is 15.3 Å². The van der Waals surface area contributed by atoms with E-state index < -0.39 is 5.41 Å². The monoisotopic (exact) mass is 498 g/mol. The van der Waals surface area contributed by atoms with Crippen molar-refractivity contribution in [2.24, 2.45) is 11.3 Å². The molecule has 3 N–H and O–H groups in total. The Hall–Kier alpha value is -4.91. The molecule has 2 aromatic heterocycles. The standard InChI is InChI=1S/C31H22N4O3/c36-28-22-7-3-1-5-17(22)14-27-31(28)15-20(31)16-35(27)30(38)26-13-19-11-21(9-10-24(19)34-26)32-29(37)25-12-18-6-2-4-8-23(18)33-25/h1-14,20,33-34H,15-16H2,(H,32,37)/t20-,31+/m0/s1. The second-order valence-corrected chi connectivity index (χ2v) is 10.4. The first-order valence-electron chi connectivity index (χ1n) is 12.7. The molecule has 2 fully saturated rings. The van der Waals surface area contributed by atoms with E-state index in [1.165, 1.54) is 0 Å². The number of anilines is 1. The molecule has 7 heteroatoms. The number of aromatic amines is 2. The molecule has 3 heterocycles. The minimum absolute atomic E-state index is 0.137. The number of aromatic nitrogens is 2. The third-order valence-corrected chi connectivity index (χ3v) is 8.29. The highest BCUT2D eigenvalue weighted by molar-refractivity contribution is 6.13. The fourth-order valence-electron chi connectivity index (χ4n) is 6.30. The molecule has 38 heavy (non-hydrogen) atoms. The van der Waals surface area contributed by atoms with E-state index in [9.17, 15) is 14.4 Å². The van der Waals surface area contributed by atoms with Crippen LogP contribution in [0.4, 0.5) is 5.69 Å². The van der Waals surface area contributed by atoms with Gasteiger partial charge in [-0.3, -0.25) is 14.4 Å². The lowest BCUT2D eigenvalue weighted by Gasteiger charge is -2.28. The first kappa shape index (κ1) is 21.2. The van der Waals surface area contributed by atoms with Crippen molar-refractivity contribution in [1.82, 2.24) is 14.9 Å². The molecule has 0 bridgehead atoms. The van der Waals surface area contributed by atoms with Crippen LogP contribution in [-0.4, -0.2) is 39.0 Å². The number of allylic oxidation sites excluding steroid dienone is 1. The molecule has 1 spiro atoms. The fraction of sp³-hybridized carbons (Fsp3) is 0.129. The van der Waals surface area contributed by atoms with Crippen molar-refractivity contribution in [1.29, 1.82) is 0 Å². The van der Waals surface area contributed by atoms with Gasteiger partial charge in [-0.2, -0.15) is 0 Å². The number of hydrogen-bond donors (Lipinski definition) is 3. The third-order valence-electron chi connectivity index (χ3n) is 8.29. The normalized spacial score (nSPS) is 21.2. The first-order valence-corrected chi connectivity index (χ1v) is 12.7. The maximum Gasteiger partial charge on any atom is 0.274 e. The average Bonchev–Trinajstić information content (AvgIpc) is 3.25. The van der Waals surface area contributed by atoms with Crippen molar-refractivity contribution < 1.29 is 14.4 Å². The number of rotatable bonds is 3. The van der Waals surface area contributed by atoms with Gasteiger partial charge >= 0.3 is 0 Å². The number of amides is 2. The highest BCUT2D eigenvalue weighted by Gasteiger charge is 2.69. The largest absolute Gasteiger partial charge is 0.351 e. The summed E-state index contributed by atoms with van der Waals surface area (Å²) >= 11 is 0. The summed E-state index contributed by atoms with van der Waals surface area (Å²) in [5, 5.41) is 4.74. The summed E-state index contributed by atoms with van der Waals surface area (Å²) in [6.07, 6.45) is 2.82. The smallest absolute Gasteiger partial charge is 0.274 e. The molecule has 8 rings (SSSR count). The van der Waals surface area contributed by atoms with Crippen LogP contribution >= 0.6 is 0 Å². The van der Waals surface area contributed by atoms with Crippen LogP contribution in [0.5, 0.6) is 0 Å². The topological polar surface area (TPSA) is 98.1 Å². The zero-order chi connectivity index (χ0) is 25.6. The van der Waals surface area contributed by atoms with Gasteiger partial charge in [-0.25, -0.2) is 0 Å². The van der Waals surface area contributed by atoms with E-state index in [-0.39, 0.29) is 23.5 Å². The number of carbonyl (C=O) groups is 3. The van der Waals surface area contributed by atoms with Gasteiger partial charge in [-0.05, 0) is 60.4 Å². The Labute approximate surface area is 217 Å². The zero-order valence-electron chi connectivity index (χ0n) is 20.2. The van der Waals surface area contributed by atoms with Crippen molar-refractivity contribution >= 4 is 51.2 Å². The number of para-hydroxylation sites is 1. The van der Waals surface area contributed by atoms with E-state index in [1.807, 2.05) is 84.9 Å². The van der Waals surface area contributed by atoms with Crippen LogP contribution in [0.3, 0.4) is 0 Å². The number of hydrogen-bond acceptors (Lipinski definition) is 3. The number of carbonyl (C=O) groups excluding carboxylic acids is 3. The molecule has 2 amide bonds. The molecule has 0 radical (unpaired) electrons. The number of piperidine rings is 1. The summed E-state index contributed by atoms with van der Waals surface area (Å²) in [5.74, 6) is -0.0645. The second kappa shape index (κ2) is 7.32. The third kappa shape index (κ3) is 2.87. The Balaban J connectivity index is 1.08. The highest BCUT2D eigenvalue weighted by atomic mass is 16.2. The van der Waals surface area contributed by atoms with E-state index >= 15 is 0 Å². The molecular formula is C31H22N4O3. The summed E-state index contributed by atoms with van der Waals surface area (Å²) in [4.78, 5) is 48.0. The van der Waals surface area contributed by atoms with Crippen molar-refractivity contribution in [3.05, 3.63) is 107 Å². The molecule has 0 unspecified atom stereocenters. The van der Waals surface area contributed by atoms with Crippen LogP contribution in [0.2, 0.25) is 0 Å². The molecule has 1 aliphatic heterocycles. The summed E-state index contributed by atoms with van der Waals surface area (Å²) < 4.78 is 0. The Morgan fingerprint density at radius 3 is 2.53 bits per heavy atom. The van der Waals surface area contributed by atoms with E-state index in [1.54, 1.807) is 4.90 Å². The highest BCUT2D eigenvalue weighted by Crippen LogP contribution is 2.67. The molecule has 3 aromatic carbocycles. The second-order valence-electron chi connectivity index (χ2n) is 10.4. The molecule has 2 aliphatic carbocycles. The van der Waals surface area contributed by atoms with Gasteiger partial charge in [0, 0.05) is 45.3 Å². The number of benzene rings is 3. The molecule has 184 valence electrons. The number of H-pyrrole nitrogens is 2.